The monoisotopic (exact) mass is 311 g/mol. The predicted octanol–water partition coefficient (Wildman–Crippen LogP) is 2.72. The molecule has 2 amide bonds. The van der Waals surface area contributed by atoms with Crippen molar-refractivity contribution in [3.05, 3.63) is 29.1 Å². The molecule has 1 aromatic rings. The number of alkyl halides is 1. The number of hydrogen-bond donors (Lipinski definition) is 1. The highest BCUT2D eigenvalue weighted by Gasteiger charge is 2.36. The van der Waals surface area contributed by atoms with Gasteiger partial charge in [-0.3, -0.25) is 9.89 Å². The highest BCUT2D eigenvalue weighted by Crippen LogP contribution is 2.32. The van der Waals surface area contributed by atoms with Crippen molar-refractivity contribution in [2.75, 3.05) is 11.9 Å². The Hall–Kier alpha value is -1.43. The lowest BCUT2D eigenvalue weighted by Crippen LogP contribution is -2.43. The minimum absolute atomic E-state index is 0.0515. The van der Waals surface area contributed by atoms with Crippen LogP contribution in [0.15, 0.2) is 17.1 Å². The summed E-state index contributed by atoms with van der Waals surface area (Å²) in [6, 6.07) is 3.26. The van der Waals surface area contributed by atoms with E-state index in [4.69, 9.17) is 0 Å². The minimum atomic E-state index is -0.389. The number of halogens is 2. The van der Waals surface area contributed by atoms with Gasteiger partial charge in [0.2, 0.25) is 0 Å². The zero-order chi connectivity index (χ0) is 12.9. The van der Waals surface area contributed by atoms with Gasteiger partial charge in [-0.1, -0.05) is 22.0 Å². The van der Waals surface area contributed by atoms with Gasteiger partial charge in [-0.15, -0.1) is 0 Å². The maximum atomic E-state index is 14.2. The maximum Gasteiger partial charge on any atom is 0.327 e. The molecular formula is C12H11BrFN3O. The van der Waals surface area contributed by atoms with Gasteiger partial charge in [-0.25, -0.2) is 9.18 Å². The van der Waals surface area contributed by atoms with Crippen LogP contribution in [0.3, 0.4) is 0 Å². The van der Waals surface area contributed by atoms with Crippen LogP contribution < -0.4 is 5.32 Å². The number of nitrogens with one attached hydrogen (secondary N) is 1. The Kier molecular flexibility index (Phi) is 2.62. The molecule has 0 radical (unpaired) electrons. The second-order valence-corrected chi connectivity index (χ2v) is 5.00. The normalized spacial score (nSPS) is 21.3. The molecule has 0 fully saturated rings. The van der Waals surface area contributed by atoms with Crippen molar-refractivity contribution < 1.29 is 9.18 Å². The fourth-order valence-corrected chi connectivity index (χ4v) is 2.70. The van der Waals surface area contributed by atoms with Crippen LogP contribution in [0.1, 0.15) is 18.1 Å². The molecule has 2 aliphatic rings. The first-order valence-corrected chi connectivity index (χ1v) is 6.78. The van der Waals surface area contributed by atoms with Crippen molar-refractivity contribution in [3.63, 3.8) is 0 Å². The molecule has 0 unspecified atom stereocenters. The van der Waals surface area contributed by atoms with E-state index in [2.05, 4.69) is 26.2 Å². The number of carbonyl (C=O) groups excluding carboxylic acids is 1. The molecule has 0 aromatic heterocycles. The topological polar surface area (TPSA) is 44.7 Å². The van der Waals surface area contributed by atoms with Gasteiger partial charge in [-0.05, 0) is 13.0 Å². The van der Waals surface area contributed by atoms with Crippen LogP contribution in [-0.4, -0.2) is 29.4 Å². The maximum absolute atomic E-state index is 14.2. The van der Waals surface area contributed by atoms with Gasteiger partial charge >= 0.3 is 6.03 Å². The van der Waals surface area contributed by atoms with Crippen LogP contribution in [-0.2, 0) is 5.33 Å². The molecule has 0 saturated carbocycles. The number of nitrogens with zero attached hydrogens (tertiary/aromatic N) is 2. The molecule has 18 heavy (non-hydrogen) atoms. The Labute approximate surface area is 112 Å². The highest BCUT2D eigenvalue weighted by molar-refractivity contribution is 9.08. The lowest BCUT2D eigenvalue weighted by molar-refractivity contribution is 0.234. The summed E-state index contributed by atoms with van der Waals surface area (Å²) in [5.74, 6) is 0.181. The van der Waals surface area contributed by atoms with E-state index in [0.717, 1.165) is 0 Å². The Morgan fingerprint density at radius 1 is 1.61 bits per heavy atom. The third-order valence-corrected chi connectivity index (χ3v) is 3.73. The second kappa shape index (κ2) is 4.05. The van der Waals surface area contributed by atoms with E-state index >= 15 is 0 Å². The number of benzene rings is 1. The van der Waals surface area contributed by atoms with Crippen LogP contribution in [0.4, 0.5) is 14.9 Å². The fraction of sp³-hybridized carbons (Fsp3) is 0.333. The first kappa shape index (κ1) is 11.6. The van der Waals surface area contributed by atoms with Crippen molar-refractivity contribution in [3.8, 4) is 0 Å². The summed E-state index contributed by atoms with van der Waals surface area (Å²) in [6.07, 6.45) is 0. The molecule has 94 valence electrons. The summed E-state index contributed by atoms with van der Waals surface area (Å²) < 4.78 is 14.2. The molecule has 0 saturated heterocycles. The number of fused-ring (bicyclic) bond motifs is 3. The summed E-state index contributed by atoms with van der Waals surface area (Å²) in [4.78, 5) is 17.8. The first-order valence-electron chi connectivity index (χ1n) is 5.66. The van der Waals surface area contributed by atoms with E-state index in [-0.39, 0.29) is 23.6 Å². The smallest absolute Gasteiger partial charge is 0.304 e. The Morgan fingerprint density at radius 3 is 3.11 bits per heavy atom. The molecule has 2 aliphatic heterocycles. The lowest BCUT2D eigenvalue weighted by Gasteiger charge is -2.27. The zero-order valence-electron chi connectivity index (χ0n) is 9.70. The lowest BCUT2D eigenvalue weighted by atomic mass is 10.1. The summed E-state index contributed by atoms with van der Waals surface area (Å²) in [5, 5.41) is 3.02. The van der Waals surface area contributed by atoms with E-state index in [1.165, 1.54) is 0 Å². The molecule has 1 aromatic carbocycles. The highest BCUT2D eigenvalue weighted by atomic mass is 79.9. The molecule has 3 rings (SSSR count). The van der Waals surface area contributed by atoms with Crippen LogP contribution in [0.5, 0.6) is 0 Å². The SMILES string of the molecule is C[C@H]1CN2C(=O)Nc3c(ccc(CBr)c3F)C2=N1. The van der Waals surface area contributed by atoms with E-state index in [0.29, 0.717) is 28.8 Å². The number of hydrogen-bond acceptors (Lipinski definition) is 2. The zero-order valence-corrected chi connectivity index (χ0v) is 11.3. The van der Waals surface area contributed by atoms with Crippen LogP contribution in [0.25, 0.3) is 0 Å². The average Bonchev–Trinajstić information content (AvgIpc) is 2.73. The van der Waals surface area contributed by atoms with E-state index in [9.17, 15) is 9.18 Å². The minimum Gasteiger partial charge on any atom is -0.304 e. The molecule has 2 heterocycles. The summed E-state index contributed by atoms with van der Waals surface area (Å²) in [7, 11) is 0. The molecule has 0 aliphatic carbocycles. The van der Waals surface area contributed by atoms with Gasteiger partial charge in [0.15, 0.2) is 5.82 Å². The Morgan fingerprint density at radius 2 is 2.39 bits per heavy atom. The summed E-state index contributed by atoms with van der Waals surface area (Å²) >= 11 is 3.22. The number of anilines is 1. The molecule has 0 bridgehead atoms. The van der Waals surface area contributed by atoms with Crippen LogP contribution in [0, 0.1) is 5.82 Å². The largest absolute Gasteiger partial charge is 0.327 e. The second-order valence-electron chi connectivity index (χ2n) is 4.44. The van der Waals surface area contributed by atoms with Crippen molar-refractivity contribution >= 4 is 33.5 Å². The van der Waals surface area contributed by atoms with Gasteiger partial charge < -0.3 is 5.32 Å². The molecule has 1 N–H and O–H groups in total. The third kappa shape index (κ3) is 1.55. The predicted molar refractivity (Wildman–Crippen MR) is 70.8 cm³/mol. The molecule has 0 spiro atoms. The van der Waals surface area contributed by atoms with Crippen molar-refractivity contribution in [2.45, 2.75) is 18.3 Å². The number of aliphatic imine (C=N–C) groups is 1. The number of carbonyl (C=O) groups is 1. The molecular weight excluding hydrogens is 301 g/mol. The quantitative estimate of drug-likeness (QED) is 0.796. The summed E-state index contributed by atoms with van der Waals surface area (Å²) in [6.45, 7) is 2.48. The van der Waals surface area contributed by atoms with Crippen molar-refractivity contribution in [1.29, 1.82) is 0 Å². The Bertz CT molecular complexity index is 573. The number of amidine groups is 1. The first-order chi connectivity index (χ1) is 8.61. The van der Waals surface area contributed by atoms with Gasteiger partial charge in [0.1, 0.15) is 5.84 Å². The average molecular weight is 312 g/mol. The molecule has 6 heteroatoms. The third-order valence-electron chi connectivity index (χ3n) is 3.13. The van der Waals surface area contributed by atoms with Gasteiger partial charge in [0.25, 0.3) is 0 Å². The van der Waals surface area contributed by atoms with Crippen molar-refractivity contribution in [2.24, 2.45) is 4.99 Å². The number of rotatable bonds is 1. The van der Waals surface area contributed by atoms with E-state index < -0.39 is 0 Å². The van der Waals surface area contributed by atoms with Gasteiger partial charge in [0.05, 0.1) is 18.3 Å². The van der Waals surface area contributed by atoms with Gasteiger partial charge in [0, 0.05) is 16.5 Å². The number of amides is 2. The van der Waals surface area contributed by atoms with Crippen LogP contribution >= 0.6 is 15.9 Å². The van der Waals surface area contributed by atoms with E-state index in [1.807, 2.05) is 6.92 Å². The molecule has 4 nitrogen and oxygen atoms in total. The van der Waals surface area contributed by atoms with Gasteiger partial charge in [-0.2, -0.15) is 0 Å². The van der Waals surface area contributed by atoms with E-state index in [1.54, 1.807) is 17.0 Å². The molecule has 1 atom stereocenters. The number of urea groups is 1. The summed E-state index contributed by atoms with van der Waals surface area (Å²) in [5.41, 5.74) is 1.41. The standard InChI is InChI=1S/C12H11BrFN3O/c1-6-5-17-11(15-6)8-3-2-7(4-13)9(14)10(8)16-12(17)18/h2-3,6H,4-5H2,1H3,(H,16,18)/t6-/m0/s1. The Balaban J connectivity index is 2.19. The fourth-order valence-electron chi connectivity index (χ4n) is 2.27. The van der Waals surface area contributed by atoms with Crippen molar-refractivity contribution in [1.82, 2.24) is 4.90 Å². The van der Waals surface area contributed by atoms with Crippen LogP contribution in [0.2, 0.25) is 0 Å².